The topological polar surface area (TPSA) is 35.8 Å². The van der Waals surface area contributed by atoms with Gasteiger partial charge in [0.05, 0.1) is 12.6 Å². The maximum atomic E-state index is 8.44. The lowest BCUT2D eigenvalue weighted by Gasteiger charge is -2.25. The highest BCUT2D eigenvalue weighted by Gasteiger charge is 2.19. The van der Waals surface area contributed by atoms with E-state index in [4.69, 9.17) is 16.9 Å². The second-order valence-corrected chi connectivity index (χ2v) is 4.59. The molecule has 0 aromatic heterocycles. The zero-order valence-electron chi connectivity index (χ0n) is 9.05. The third-order valence-corrected chi connectivity index (χ3v) is 2.65. The molecule has 0 aliphatic carbocycles. The fourth-order valence-electron chi connectivity index (χ4n) is 1.43. The van der Waals surface area contributed by atoms with E-state index in [0.29, 0.717) is 6.54 Å². The molecular weight excluding hydrogens is 208 g/mol. The van der Waals surface area contributed by atoms with Gasteiger partial charge in [0.1, 0.15) is 0 Å². The van der Waals surface area contributed by atoms with Crippen LogP contribution in [0.2, 0.25) is 5.02 Å². The van der Waals surface area contributed by atoms with Gasteiger partial charge in [-0.25, -0.2) is 0 Å². The van der Waals surface area contributed by atoms with Crippen LogP contribution in [-0.2, 0) is 5.41 Å². The molecule has 0 spiro atoms. The van der Waals surface area contributed by atoms with Crippen molar-refractivity contribution >= 4 is 11.6 Å². The number of nitriles is 1. The van der Waals surface area contributed by atoms with Crippen LogP contribution in [0.25, 0.3) is 0 Å². The Morgan fingerprint density at radius 2 is 1.93 bits per heavy atom. The van der Waals surface area contributed by atoms with Crippen molar-refractivity contribution in [2.24, 2.45) is 0 Å². The second kappa shape index (κ2) is 5.16. The SMILES string of the molecule is CC(C)(CNCC#N)c1ccc(Cl)cc1. The van der Waals surface area contributed by atoms with E-state index in [1.54, 1.807) is 0 Å². The van der Waals surface area contributed by atoms with Crippen LogP contribution in [-0.4, -0.2) is 13.1 Å². The summed E-state index contributed by atoms with van der Waals surface area (Å²) in [5.41, 5.74) is 1.24. The van der Waals surface area contributed by atoms with Gasteiger partial charge < -0.3 is 5.32 Å². The Hall–Kier alpha value is -1.04. The van der Waals surface area contributed by atoms with Crippen LogP contribution >= 0.6 is 11.6 Å². The zero-order chi connectivity index (χ0) is 11.3. The number of hydrogen-bond donors (Lipinski definition) is 1. The average Bonchev–Trinajstić information content (AvgIpc) is 2.18. The molecule has 15 heavy (non-hydrogen) atoms. The highest BCUT2D eigenvalue weighted by molar-refractivity contribution is 6.30. The Kier molecular flexibility index (Phi) is 4.14. The zero-order valence-corrected chi connectivity index (χ0v) is 9.80. The number of nitrogens with zero attached hydrogens (tertiary/aromatic N) is 1. The largest absolute Gasteiger partial charge is 0.304 e. The van der Waals surface area contributed by atoms with Crippen molar-refractivity contribution in [3.05, 3.63) is 34.9 Å². The third-order valence-electron chi connectivity index (χ3n) is 2.40. The van der Waals surface area contributed by atoms with Gasteiger partial charge in [-0.2, -0.15) is 5.26 Å². The minimum atomic E-state index is 0.0153. The van der Waals surface area contributed by atoms with Crippen LogP contribution in [0.5, 0.6) is 0 Å². The van der Waals surface area contributed by atoms with Gasteiger partial charge in [0.15, 0.2) is 0 Å². The summed E-state index contributed by atoms with van der Waals surface area (Å²) >= 11 is 5.83. The normalized spacial score (nSPS) is 11.1. The molecule has 3 heteroatoms. The van der Waals surface area contributed by atoms with Gasteiger partial charge in [0.25, 0.3) is 0 Å². The van der Waals surface area contributed by atoms with Crippen molar-refractivity contribution in [2.45, 2.75) is 19.3 Å². The summed E-state index contributed by atoms with van der Waals surface area (Å²) in [7, 11) is 0. The minimum absolute atomic E-state index is 0.0153. The van der Waals surface area contributed by atoms with Crippen LogP contribution in [0.3, 0.4) is 0 Å². The van der Waals surface area contributed by atoms with Crippen LogP contribution in [0.1, 0.15) is 19.4 Å². The molecule has 0 unspecified atom stereocenters. The highest BCUT2D eigenvalue weighted by Crippen LogP contribution is 2.23. The first-order chi connectivity index (χ1) is 7.06. The summed E-state index contributed by atoms with van der Waals surface area (Å²) in [6.07, 6.45) is 0. The molecule has 0 fully saturated rings. The molecular formula is C12H15ClN2. The number of rotatable bonds is 4. The summed E-state index contributed by atoms with van der Waals surface area (Å²) in [4.78, 5) is 0. The Balaban J connectivity index is 2.68. The molecule has 0 amide bonds. The van der Waals surface area contributed by atoms with Gasteiger partial charge in [-0.1, -0.05) is 37.6 Å². The molecule has 0 saturated heterocycles. The molecule has 2 nitrogen and oxygen atoms in total. The molecule has 0 saturated carbocycles. The van der Waals surface area contributed by atoms with Gasteiger partial charge in [-0.05, 0) is 17.7 Å². The summed E-state index contributed by atoms with van der Waals surface area (Å²) in [6, 6.07) is 9.90. The first-order valence-corrected chi connectivity index (χ1v) is 5.28. The maximum Gasteiger partial charge on any atom is 0.0841 e. The minimum Gasteiger partial charge on any atom is -0.304 e. The lowest BCUT2D eigenvalue weighted by molar-refractivity contribution is 0.485. The number of benzene rings is 1. The van der Waals surface area contributed by atoms with E-state index in [1.807, 2.05) is 24.3 Å². The van der Waals surface area contributed by atoms with Gasteiger partial charge in [0.2, 0.25) is 0 Å². The standard InChI is InChI=1S/C12H15ClN2/c1-12(2,9-15-8-7-14)10-3-5-11(13)6-4-10/h3-6,15H,8-9H2,1-2H3. The summed E-state index contributed by atoms with van der Waals surface area (Å²) in [5.74, 6) is 0. The van der Waals surface area contributed by atoms with Gasteiger partial charge in [-0.3, -0.25) is 0 Å². The van der Waals surface area contributed by atoms with Crippen molar-refractivity contribution in [3.63, 3.8) is 0 Å². The summed E-state index contributed by atoms with van der Waals surface area (Å²) in [5, 5.41) is 12.3. The molecule has 1 aromatic carbocycles. The molecule has 1 aromatic rings. The summed E-state index contributed by atoms with van der Waals surface area (Å²) in [6.45, 7) is 5.44. The fourth-order valence-corrected chi connectivity index (χ4v) is 1.56. The summed E-state index contributed by atoms with van der Waals surface area (Å²) < 4.78 is 0. The average molecular weight is 223 g/mol. The van der Waals surface area contributed by atoms with Crippen molar-refractivity contribution < 1.29 is 0 Å². The molecule has 0 heterocycles. The van der Waals surface area contributed by atoms with Gasteiger partial charge in [-0.15, -0.1) is 0 Å². The molecule has 0 radical (unpaired) electrons. The lowest BCUT2D eigenvalue weighted by Crippen LogP contribution is -2.33. The molecule has 80 valence electrons. The predicted molar refractivity (Wildman–Crippen MR) is 63.0 cm³/mol. The van der Waals surface area contributed by atoms with Gasteiger partial charge in [0, 0.05) is 17.0 Å². The first kappa shape index (κ1) is 12.0. The first-order valence-electron chi connectivity index (χ1n) is 4.90. The molecule has 0 aliphatic heterocycles. The van der Waals surface area contributed by atoms with E-state index < -0.39 is 0 Å². The Morgan fingerprint density at radius 3 is 2.47 bits per heavy atom. The lowest BCUT2D eigenvalue weighted by atomic mass is 9.84. The Bertz CT molecular complexity index is 349. The van der Waals surface area contributed by atoms with Crippen LogP contribution in [0.4, 0.5) is 0 Å². The predicted octanol–water partition coefficient (Wildman–Crippen LogP) is 2.73. The van der Waals surface area contributed by atoms with Crippen LogP contribution in [0, 0.1) is 11.3 Å². The third kappa shape index (κ3) is 3.54. The Morgan fingerprint density at radius 1 is 1.33 bits per heavy atom. The quantitative estimate of drug-likeness (QED) is 0.628. The van der Waals surface area contributed by atoms with Crippen molar-refractivity contribution in [1.82, 2.24) is 5.32 Å². The van der Waals surface area contributed by atoms with Crippen LogP contribution in [0.15, 0.2) is 24.3 Å². The number of halogens is 1. The van der Waals surface area contributed by atoms with E-state index >= 15 is 0 Å². The van der Waals surface area contributed by atoms with E-state index in [2.05, 4.69) is 25.2 Å². The van der Waals surface area contributed by atoms with E-state index in [0.717, 1.165) is 11.6 Å². The molecule has 0 aliphatic rings. The molecule has 1 rings (SSSR count). The fraction of sp³-hybridized carbons (Fsp3) is 0.417. The number of hydrogen-bond acceptors (Lipinski definition) is 2. The molecule has 0 bridgehead atoms. The van der Waals surface area contributed by atoms with E-state index in [-0.39, 0.29) is 5.41 Å². The number of nitrogens with one attached hydrogen (secondary N) is 1. The van der Waals surface area contributed by atoms with Crippen molar-refractivity contribution in [1.29, 1.82) is 5.26 Å². The maximum absolute atomic E-state index is 8.44. The van der Waals surface area contributed by atoms with Crippen LogP contribution < -0.4 is 5.32 Å². The van der Waals surface area contributed by atoms with Crippen molar-refractivity contribution in [3.8, 4) is 6.07 Å². The van der Waals surface area contributed by atoms with Crippen molar-refractivity contribution in [2.75, 3.05) is 13.1 Å². The van der Waals surface area contributed by atoms with E-state index in [1.165, 1.54) is 5.56 Å². The molecule has 1 N–H and O–H groups in total. The van der Waals surface area contributed by atoms with Gasteiger partial charge >= 0.3 is 0 Å². The molecule has 0 atom stereocenters. The van der Waals surface area contributed by atoms with E-state index in [9.17, 15) is 0 Å². The second-order valence-electron chi connectivity index (χ2n) is 4.15. The monoisotopic (exact) mass is 222 g/mol. The smallest absolute Gasteiger partial charge is 0.0841 e. The highest BCUT2D eigenvalue weighted by atomic mass is 35.5. The Labute approximate surface area is 95.9 Å².